The Balaban J connectivity index is 1.60. The van der Waals surface area contributed by atoms with E-state index in [4.69, 9.17) is 14.2 Å². The molecule has 0 bridgehead atoms. The molecule has 0 aromatic carbocycles. The normalized spacial score (nSPS) is 33.3. The molecule has 0 aromatic rings. The molecule has 0 aromatic heterocycles. The van der Waals surface area contributed by atoms with Crippen LogP contribution in [0.3, 0.4) is 0 Å². The van der Waals surface area contributed by atoms with E-state index in [2.05, 4.69) is 9.80 Å². The van der Waals surface area contributed by atoms with Crippen molar-refractivity contribution >= 4 is 21.8 Å². The predicted molar refractivity (Wildman–Crippen MR) is 130 cm³/mol. The summed E-state index contributed by atoms with van der Waals surface area (Å²) in [6.45, 7) is 10.2. The number of carbonyl (C=O) groups is 2. The van der Waals surface area contributed by atoms with E-state index < -0.39 is 27.3 Å². The Hall–Kier alpha value is -1.23. The van der Waals surface area contributed by atoms with Gasteiger partial charge >= 0.3 is 11.9 Å². The lowest BCUT2D eigenvalue weighted by atomic mass is 9.87. The number of carbonyl (C=O) groups excluding carboxylic acids is 2. The van der Waals surface area contributed by atoms with Gasteiger partial charge in [0.05, 0.1) is 30.1 Å². The Morgan fingerprint density at radius 2 is 1.49 bits per heavy atom. The smallest absolute Gasteiger partial charge is 0.371 e. The molecule has 0 spiro atoms. The van der Waals surface area contributed by atoms with E-state index >= 15 is 0 Å². The number of fused-ring (bicyclic) bond motifs is 1. The maximum absolute atomic E-state index is 14.0. The summed E-state index contributed by atoms with van der Waals surface area (Å²) >= 11 is 0. The average molecular weight is 515 g/mol. The fourth-order valence-electron chi connectivity index (χ4n) is 6.21. The molecule has 0 radical (unpaired) electrons. The van der Waals surface area contributed by atoms with Gasteiger partial charge in [-0.3, -0.25) is 14.6 Å². The van der Waals surface area contributed by atoms with Crippen LogP contribution < -0.4 is 0 Å². The highest BCUT2D eigenvalue weighted by Crippen LogP contribution is 2.42. The third kappa shape index (κ3) is 5.86. The molecule has 3 aliphatic heterocycles. The number of sulfone groups is 1. The van der Waals surface area contributed by atoms with Crippen molar-refractivity contribution in [2.45, 2.75) is 83.8 Å². The maximum Gasteiger partial charge on any atom is 0.371 e. The largest absolute Gasteiger partial charge is 0.466 e. The van der Waals surface area contributed by atoms with Crippen LogP contribution in [-0.2, 0) is 33.6 Å². The van der Waals surface area contributed by atoms with E-state index in [9.17, 15) is 18.0 Å². The van der Waals surface area contributed by atoms with Crippen molar-refractivity contribution in [1.82, 2.24) is 9.80 Å². The van der Waals surface area contributed by atoms with Crippen LogP contribution in [-0.4, -0.2) is 92.0 Å². The van der Waals surface area contributed by atoms with Gasteiger partial charge in [0, 0.05) is 26.2 Å². The summed E-state index contributed by atoms with van der Waals surface area (Å²) in [6.07, 6.45) is 4.40. The van der Waals surface area contributed by atoms with E-state index in [1.807, 2.05) is 27.7 Å². The van der Waals surface area contributed by atoms with Crippen LogP contribution in [0.5, 0.6) is 0 Å². The third-order valence-corrected chi connectivity index (χ3v) is 9.64. The molecular formula is C25H42N2O7S. The summed E-state index contributed by atoms with van der Waals surface area (Å²) in [4.78, 5) is 30.4. The van der Waals surface area contributed by atoms with Gasteiger partial charge in [0.2, 0.25) is 0 Å². The number of hydrogen-bond donors (Lipinski definition) is 0. The average Bonchev–Trinajstić information content (AvgIpc) is 3.47. The first kappa shape index (κ1) is 26.8. The molecule has 1 saturated carbocycles. The summed E-state index contributed by atoms with van der Waals surface area (Å²) < 4.78 is 42.5. The topological polar surface area (TPSA) is 102 Å². The van der Waals surface area contributed by atoms with Crippen LogP contribution in [0.1, 0.15) is 66.2 Å². The summed E-state index contributed by atoms with van der Waals surface area (Å²) in [5, 5.41) is 0. The second-order valence-electron chi connectivity index (χ2n) is 11.6. The molecule has 0 N–H and O–H groups in total. The first-order chi connectivity index (χ1) is 16.4. The Labute approximate surface area is 209 Å². The van der Waals surface area contributed by atoms with Crippen LogP contribution in [0.2, 0.25) is 0 Å². The molecule has 0 amide bonds. The summed E-state index contributed by atoms with van der Waals surface area (Å²) in [7, 11) is -3.03. The van der Waals surface area contributed by atoms with Crippen molar-refractivity contribution in [1.29, 1.82) is 0 Å². The molecule has 3 saturated heterocycles. The fraction of sp³-hybridized carbons (Fsp3) is 0.920. The zero-order valence-corrected chi connectivity index (χ0v) is 22.5. The second kappa shape index (κ2) is 10.3. The van der Waals surface area contributed by atoms with Crippen molar-refractivity contribution in [3.63, 3.8) is 0 Å². The Morgan fingerprint density at radius 1 is 0.914 bits per heavy atom. The molecule has 35 heavy (non-hydrogen) atoms. The van der Waals surface area contributed by atoms with Gasteiger partial charge in [-0.25, -0.2) is 13.2 Å². The second-order valence-corrected chi connectivity index (χ2v) is 13.8. The van der Waals surface area contributed by atoms with E-state index in [0.29, 0.717) is 45.4 Å². The number of ether oxygens (including phenoxy) is 3. The number of hydrogen-bond acceptors (Lipinski definition) is 9. The van der Waals surface area contributed by atoms with E-state index in [1.165, 1.54) is 0 Å². The quantitative estimate of drug-likeness (QED) is 0.473. The van der Waals surface area contributed by atoms with E-state index in [0.717, 1.165) is 25.9 Å². The fourth-order valence-corrected chi connectivity index (χ4v) is 8.41. The molecule has 4 fully saturated rings. The Kier molecular flexibility index (Phi) is 7.87. The zero-order chi connectivity index (χ0) is 25.4. The van der Waals surface area contributed by atoms with Gasteiger partial charge in [0.15, 0.2) is 9.84 Å². The van der Waals surface area contributed by atoms with Crippen molar-refractivity contribution < 1.29 is 32.2 Å². The standard InChI is InChI=1S/C25H42N2O7S/c1-5-32-22(28)18-8-10-21(11-9-18)33-25(26-12-6-7-13-26,23(29)34-24(2,3)4)27-14-19-16-35(30,31)17-20(19)15-27/h18-21H,5-17H2,1-4H3/t18?,19-,20+,21?,25?. The number of esters is 2. The van der Waals surface area contributed by atoms with Gasteiger partial charge in [0.25, 0.3) is 5.85 Å². The van der Waals surface area contributed by atoms with Crippen LogP contribution in [0.15, 0.2) is 0 Å². The lowest BCUT2D eigenvalue weighted by molar-refractivity contribution is -0.275. The molecule has 10 heteroatoms. The zero-order valence-electron chi connectivity index (χ0n) is 21.7. The highest BCUT2D eigenvalue weighted by molar-refractivity contribution is 7.91. The van der Waals surface area contributed by atoms with Crippen LogP contribution in [0.25, 0.3) is 0 Å². The number of rotatable bonds is 7. The Bertz CT molecular complexity index is 868. The van der Waals surface area contributed by atoms with Gasteiger partial charge in [-0.05, 0) is 78.1 Å². The highest BCUT2D eigenvalue weighted by atomic mass is 32.2. The van der Waals surface area contributed by atoms with Crippen LogP contribution >= 0.6 is 0 Å². The summed E-state index contributed by atoms with van der Waals surface area (Å²) in [6, 6.07) is 0. The van der Waals surface area contributed by atoms with Gasteiger partial charge in [-0.15, -0.1) is 0 Å². The van der Waals surface area contributed by atoms with Crippen molar-refractivity contribution in [2.24, 2.45) is 17.8 Å². The SMILES string of the molecule is CCOC(=O)C1CCC(OC(C(=O)OC(C)(C)C)(N2CCCC2)N2C[C@@H]3CS(=O)(=O)C[C@@H]3C2)CC1. The van der Waals surface area contributed by atoms with Gasteiger partial charge in [0.1, 0.15) is 5.60 Å². The Morgan fingerprint density at radius 3 is 2.00 bits per heavy atom. The monoisotopic (exact) mass is 514 g/mol. The van der Waals surface area contributed by atoms with Crippen molar-refractivity contribution in [3.05, 3.63) is 0 Å². The van der Waals surface area contributed by atoms with Crippen molar-refractivity contribution in [3.8, 4) is 0 Å². The molecule has 1 unspecified atom stereocenters. The molecule has 3 heterocycles. The van der Waals surface area contributed by atoms with Gasteiger partial charge in [-0.2, -0.15) is 0 Å². The van der Waals surface area contributed by atoms with Crippen molar-refractivity contribution in [2.75, 3.05) is 44.3 Å². The number of nitrogens with zero attached hydrogens (tertiary/aromatic N) is 2. The van der Waals surface area contributed by atoms with E-state index in [-0.39, 0.29) is 41.3 Å². The lowest BCUT2D eigenvalue weighted by Gasteiger charge is -2.48. The van der Waals surface area contributed by atoms with Gasteiger partial charge < -0.3 is 14.2 Å². The molecule has 4 aliphatic rings. The molecule has 1 aliphatic carbocycles. The van der Waals surface area contributed by atoms with Gasteiger partial charge in [-0.1, -0.05) is 0 Å². The minimum atomic E-state index is -3.03. The molecular weight excluding hydrogens is 472 g/mol. The highest BCUT2D eigenvalue weighted by Gasteiger charge is 2.59. The number of likely N-dealkylation sites (tertiary alicyclic amines) is 2. The molecule has 4 rings (SSSR count). The minimum Gasteiger partial charge on any atom is -0.466 e. The van der Waals surface area contributed by atoms with E-state index in [1.54, 1.807) is 0 Å². The molecule has 9 nitrogen and oxygen atoms in total. The summed E-state index contributed by atoms with van der Waals surface area (Å²) in [5.41, 5.74) is -0.689. The maximum atomic E-state index is 14.0. The first-order valence-corrected chi connectivity index (χ1v) is 15.0. The lowest BCUT2D eigenvalue weighted by Crippen LogP contribution is -2.68. The summed E-state index contributed by atoms with van der Waals surface area (Å²) in [5.74, 6) is -1.72. The molecule has 3 atom stereocenters. The first-order valence-electron chi connectivity index (χ1n) is 13.2. The molecule has 200 valence electrons. The minimum absolute atomic E-state index is 0.00700. The predicted octanol–water partition coefficient (Wildman–Crippen LogP) is 2.19. The van der Waals surface area contributed by atoms with Crippen LogP contribution in [0, 0.1) is 17.8 Å². The van der Waals surface area contributed by atoms with Crippen LogP contribution in [0.4, 0.5) is 0 Å². The third-order valence-electron chi connectivity index (χ3n) is 7.77.